The SMILES string of the molecule is CSc1ncc(CO)c(N(COC2CCCCO2)c2ccccc2)n1. The van der Waals surface area contributed by atoms with E-state index in [2.05, 4.69) is 9.97 Å². The quantitative estimate of drug-likeness (QED) is 0.461. The fourth-order valence-corrected chi connectivity index (χ4v) is 3.03. The molecule has 0 saturated carbocycles. The number of aliphatic hydroxyl groups excluding tert-OH is 1. The van der Waals surface area contributed by atoms with Gasteiger partial charge in [-0.15, -0.1) is 0 Å². The minimum absolute atomic E-state index is 0.132. The highest BCUT2D eigenvalue weighted by atomic mass is 32.2. The first-order chi connectivity index (χ1) is 12.3. The first kappa shape index (κ1) is 18.1. The Balaban J connectivity index is 1.88. The van der Waals surface area contributed by atoms with Gasteiger partial charge in [0, 0.05) is 24.1 Å². The van der Waals surface area contributed by atoms with Crippen molar-refractivity contribution in [3.05, 3.63) is 42.1 Å². The Kier molecular flexibility index (Phi) is 6.63. The summed E-state index contributed by atoms with van der Waals surface area (Å²) in [6, 6.07) is 9.89. The zero-order valence-electron chi connectivity index (χ0n) is 14.3. The lowest BCUT2D eigenvalue weighted by Gasteiger charge is -2.29. The van der Waals surface area contributed by atoms with Gasteiger partial charge in [-0.25, -0.2) is 9.97 Å². The van der Waals surface area contributed by atoms with Crippen LogP contribution in [0.25, 0.3) is 0 Å². The predicted octanol–water partition coefficient (Wildman–Crippen LogP) is 3.33. The van der Waals surface area contributed by atoms with E-state index in [4.69, 9.17) is 9.47 Å². The molecule has 1 aromatic heterocycles. The Morgan fingerprint density at radius 1 is 1.32 bits per heavy atom. The summed E-state index contributed by atoms with van der Waals surface area (Å²) in [7, 11) is 0. The molecule has 1 aromatic carbocycles. The van der Waals surface area contributed by atoms with Gasteiger partial charge in [0.25, 0.3) is 0 Å². The number of aromatic nitrogens is 2. The lowest BCUT2D eigenvalue weighted by Crippen LogP contribution is -2.30. The molecule has 2 heterocycles. The third-order valence-electron chi connectivity index (χ3n) is 4.02. The standard InChI is InChI=1S/C18H23N3O3S/c1-25-18-19-11-14(12-22)17(20-18)21(15-7-3-2-4-8-15)13-24-16-9-5-6-10-23-16/h2-4,7-8,11,16,22H,5-6,9-10,12-13H2,1H3. The van der Waals surface area contributed by atoms with Crippen LogP contribution in [0.3, 0.4) is 0 Å². The van der Waals surface area contributed by atoms with E-state index in [0.717, 1.165) is 31.6 Å². The van der Waals surface area contributed by atoms with E-state index in [9.17, 15) is 5.11 Å². The third-order valence-corrected chi connectivity index (χ3v) is 4.59. The molecule has 0 radical (unpaired) electrons. The molecule has 1 aliphatic rings. The van der Waals surface area contributed by atoms with Crippen LogP contribution in [0.1, 0.15) is 24.8 Å². The Morgan fingerprint density at radius 3 is 2.84 bits per heavy atom. The largest absolute Gasteiger partial charge is 0.391 e. The highest BCUT2D eigenvalue weighted by Crippen LogP contribution is 2.28. The van der Waals surface area contributed by atoms with Crippen molar-refractivity contribution in [3.63, 3.8) is 0 Å². The van der Waals surface area contributed by atoms with E-state index in [1.54, 1.807) is 6.20 Å². The molecule has 1 fully saturated rings. The fraction of sp³-hybridized carbons (Fsp3) is 0.444. The molecule has 6 nitrogen and oxygen atoms in total. The molecule has 0 spiro atoms. The van der Waals surface area contributed by atoms with E-state index in [1.807, 2.05) is 41.5 Å². The Morgan fingerprint density at radius 2 is 2.16 bits per heavy atom. The molecule has 0 bridgehead atoms. The molecule has 1 unspecified atom stereocenters. The smallest absolute Gasteiger partial charge is 0.189 e. The van der Waals surface area contributed by atoms with Crippen LogP contribution in [0.5, 0.6) is 0 Å². The van der Waals surface area contributed by atoms with E-state index in [0.29, 0.717) is 23.3 Å². The molecular weight excluding hydrogens is 338 g/mol. The highest BCUT2D eigenvalue weighted by Gasteiger charge is 2.20. The minimum Gasteiger partial charge on any atom is -0.391 e. The molecular formula is C18H23N3O3S. The maximum absolute atomic E-state index is 9.72. The van der Waals surface area contributed by atoms with Gasteiger partial charge < -0.3 is 19.5 Å². The van der Waals surface area contributed by atoms with Crippen molar-refractivity contribution >= 4 is 23.3 Å². The van der Waals surface area contributed by atoms with Crippen LogP contribution in [-0.2, 0) is 16.1 Å². The monoisotopic (exact) mass is 361 g/mol. The Labute approximate surface area is 152 Å². The normalized spacial score (nSPS) is 17.4. The lowest BCUT2D eigenvalue weighted by atomic mass is 10.2. The highest BCUT2D eigenvalue weighted by molar-refractivity contribution is 7.98. The first-order valence-electron chi connectivity index (χ1n) is 8.38. The van der Waals surface area contributed by atoms with Gasteiger partial charge in [0.15, 0.2) is 11.4 Å². The van der Waals surface area contributed by atoms with Crippen LogP contribution >= 0.6 is 11.8 Å². The molecule has 1 atom stereocenters. The average Bonchev–Trinajstić information content (AvgIpc) is 2.69. The zero-order chi connectivity index (χ0) is 17.5. The Bertz CT molecular complexity index is 666. The van der Waals surface area contributed by atoms with Crippen molar-refractivity contribution in [2.24, 2.45) is 0 Å². The van der Waals surface area contributed by atoms with Crippen LogP contribution in [0.15, 0.2) is 41.7 Å². The minimum atomic E-state index is -0.195. The summed E-state index contributed by atoms with van der Waals surface area (Å²) in [4.78, 5) is 10.8. The van der Waals surface area contributed by atoms with E-state index in [1.165, 1.54) is 11.8 Å². The molecule has 1 N–H and O–H groups in total. The maximum atomic E-state index is 9.72. The number of rotatable bonds is 7. The van der Waals surface area contributed by atoms with E-state index >= 15 is 0 Å². The second-order valence-corrected chi connectivity index (χ2v) is 6.49. The number of aliphatic hydroxyl groups is 1. The first-order valence-corrected chi connectivity index (χ1v) is 9.61. The predicted molar refractivity (Wildman–Crippen MR) is 97.9 cm³/mol. The van der Waals surface area contributed by atoms with Crippen molar-refractivity contribution < 1.29 is 14.6 Å². The van der Waals surface area contributed by atoms with Crippen molar-refractivity contribution in [2.45, 2.75) is 37.3 Å². The van der Waals surface area contributed by atoms with Crippen LogP contribution in [-0.4, -0.2) is 41.0 Å². The molecule has 2 aromatic rings. The maximum Gasteiger partial charge on any atom is 0.189 e. The topological polar surface area (TPSA) is 67.7 Å². The van der Waals surface area contributed by atoms with Crippen molar-refractivity contribution in [1.82, 2.24) is 9.97 Å². The van der Waals surface area contributed by atoms with Crippen LogP contribution < -0.4 is 4.90 Å². The summed E-state index contributed by atoms with van der Waals surface area (Å²) >= 11 is 1.46. The van der Waals surface area contributed by atoms with E-state index < -0.39 is 0 Å². The number of nitrogens with zero attached hydrogens (tertiary/aromatic N) is 3. The molecule has 7 heteroatoms. The summed E-state index contributed by atoms with van der Waals surface area (Å²) in [5.41, 5.74) is 1.61. The molecule has 1 aliphatic heterocycles. The zero-order valence-corrected chi connectivity index (χ0v) is 15.1. The summed E-state index contributed by atoms with van der Waals surface area (Å²) in [6.07, 6.45) is 6.49. The fourth-order valence-electron chi connectivity index (χ4n) is 2.69. The molecule has 0 amide bonds. The lowest BCUT2D eigenvalue weighted by molar-refractivity contribution is -0.160. The summed E-state index contributed by atoms with van der Waals surface area (Å²) in [5, 5.41) is 10.4. The number of para-hydroxylation sites is 1. The van der Waals surface area contributed by atoms with E-state index in [-0.39, 0.29) is 12.9 Å². The average molecular weight is 361 g/mol. The van der Waals surface area contributed by atoms with Gasteiger partial charge in [-0.3, -0.25) is 0 Å². The van der Waals surface area contributed by atoms with Crippen LogP contribution in [0.2, 0.25) is 0 Å². The van der Waals surface area contributed by atoms with Gasteiger partial charge in [-0.05, 0) is 37.7 Å². The molecule has 3 rings (SSSR count). The second-order valence-electron chi connectivity index (χ2n) is 5.72. The summed E-state index contributed by atoms with van der Waals surface area (Å²) < 4.78 is 11.6. The van der Waals surface area contributed by atoms with Gasteiger partial charge in [-0.2, -0.15) is 0 Å². The molecule has 1 saturated heterocycles. The third kappa shape index (κ3) is 4.70. The second kappa shape index (κ2) is 9.15. The summed E-state index contributed by atoms with van der Waals surface area (Å²) in [6.45, 7) is 0.905. The van der Waals surface area contributed by atoms with Crippen molar-refractivity contribution in [3.8, 4) is 0 Å². The molecule has 134 valence electrons. The van der Waals surface area contributed by atoms with Crippen molar-refractivity contribution in [2.75, 3.05) is 24.5 Å². The number of hydrogen-bond donors (Lipinski definition) is 1. The van der Waals surface area contributed by atoms with Gasteiger partial charge >= 0.3 is 0 Å². The van der Waals surface area contributed by atoms with Crippen LogP contribution in [0.4, 0.5) is 11.5 Å². The number of ether oxygens (including phenoxy) is 2. The number of benzene rings is 1. The van der Waals surface area contributed by atoms with Crippen molar-refractivity contribution in [1.29, 1.82) is 0 Å². The number of hydrogen-bond acceptors (Lipinski definition) is 7. The van der Waals surface area contributed by atoms with Gasteiger partial charge in [-0.1, -0.05) is 30.0 Å². The van der Waals surface area contributed by atoms with Gasteiger partial charge in [0.05, 0.1) is 6.61 Å². The molecule has 25 heavy (non-hydrogen) atoms. The number of anilines is 2. The summed E-state index contributed by atoms with van der Waals surface area (Å²) in [5.74, 6) is 0.656. The van der Waals surface area contributed by atoms with Crippen LogP contribution in [0, 0.1) is 0 Å². The number of thioether (sulfide) groups is 1. The molecule has 0 aliphatic carbocycles. The Hall–Kier alpha value is -1.67. The van der Waals surface area contributed by atoms with Gasteiger partial charge in [0.2, 0.25) is 0 Å². The van der Waals surface area contributed by atoms with Gasteiger partial charge in [0.1, 0.15) is 12.5 Å².